The minimum atomic E-state index is -0.593. The van der Waals surface area contributed by atoms with E-state index in [0.717, 1.165) is 21.6 Å². The number of hydrogen-bond acceptors (Lipinski definition) is 5. The molecule has 7 aromatic rings. The Hall–Kier alpha value is -3.19. The van der Waals surface area contributed by atoms with Crippen molar-refractivity contribution in [1.82, 2.24) is 19.1 Å². The van der Waals surface area contributed by atoms with E-state index in [4.69, 9.17) is 34.3 Å². The van der Waals surface area contributed by atoms with Gasteiger partial charge in [0.2, 0.25) is 0 Å². The van der Waals surface area contributed by atoms with Crippen molar-refractivity contribution in [3.05, 3.63) is 158 Å². The molecule has 2 aromatic heterocycles. The van der Waals surface area contributed by atoms with E-state index in [1.807, 2.05) is 10.8 Å². The second-order valence-corrected chi connectivity index (χ2v) is 19.6. The van der Waals surface area contributed by atoms with Crippen LogP contribution in [0.4, 0.5) is 8.78 Å². The Bertz CT molecular complexity index is 2400. The molecule has 8 nitrogen and oxygen atoms in total. The molecule has 58 heavy (non-hydrogen) atoms. The average molecular weight is 1170 g/mol. The first-order valence-corrected chi connectivity index (χ1v) is 25.2. The van der Waals surface area contributed by atoms with Crippen molar-refractivity contribution in [2.45, 2.75) is 13.1 Å². The van der Waals surface area contributed by atoms with Crippen molar-refractivity contribution >= 4 is 103 Å². The average Bonchev–Trinajstić information content (AvgIpc) is 3.73. The first-order chi connectivity index (χ1) is 28.1. The van der Waals surface area contributed by atoms with Crippen LogP contribution in [0.25, 0.3) is 22.8 Å². The Kier molecular flexibility index (Phi) is 16.3. The molecule has 0 saturated heterocycles. The van der Waals surface area contributed by atoms with Crippen LogP contribution in [0.2, 0.25) is 0 Å². The number of hydrogen-bond donors (Lipinski definition) is 1. The van der Waals surface area contributed by atoms with Crippen molar-refractivity contribution in [3.63, 3.8) is 0 Å². The van der Waals surface area contributed by atoms with Gasteiger partial charge in [0, 0.05) is 24.5 Å². The number of benzene rings is 5. The molecule has 0 bridgehead atoms. The summed E-state index contributed by atoms with van der Waals surface area (Å²) in [4.78, 5) is 19.8. The third kappa shape index (κ3) is 11.1. The minimum Gasteiger partial charge on any atom is -0.0622 e. The molecule has 0 radical (unpaired) electrons. The van der Waals surface area contributed by atoms with Crippen molar-refractivity contribution in [2.24, 2.45) is 5.73 Å². The Morgan fingerprint density at radius 1 is 0.707 bits per heavy atom. The van der Waals surface area contributed by atoms with Gasteiger partial charge in [0.25, 0.3) is 5.91 Å². The van der Waals surface area contributed by atoms with Gasteiger partial charge in [-0.05, 0) is 90.4 Å². The van der Waals surface area contributed by atoms with Crippen molar-refractivity contribution in [2.75, 3.05) is 13.2 Å². The molecule has 0 atom stereocenters. The molecule has 9 rings (SSSR count). The summed E-state index contributed by atoms with van der Waals surface area (Å²) in [5.41, 5.74) is 6.85. The Labute approximate surface area is 381 Å². The Morgan fingerprint density at radius 3 is 1.52 bits per heavy atom. The smallest absolute Gasteiger partial charge is 0.0134 e. The number of amides is 1. The fourth-order valence-electron chi connectivity index (χ4n) is 6.02. The molecule has 17 heteroatoms. The number of imidazole rings is 2. The summed E-state index contributed by atoms with van der Waals surface area (Å²) in [7, 11) is 9.18. The van der Waals surface area contributed by atoms with E-state index in [1.54, 1.807) is 22.9 Å². The van der Waals surface area contributed by atoms with Gasteiger partial charge in [-0.25, -0.2) is 18.7 Å². The topological polar surface area (TPSA) is 97.2 Å². The standard InChI is InChI=1S/C18H15P.C12H9BrFN3O2.C11H7BrFIN2O.2ClH.Pd/c1-4-10-16(11-5-1)19(17-12-6-2-7-13-17)18-14-8-3-9-15-18;13-7-3-6-10(4-8(7)14)19-2-1-17-5-9(11(15)18)16-12(6)17;12-7-3-6-9(4-8(7)13)17-2-1-16-5-10(14)15-11(6)16;;;/h1-15H;3-5H,1-2H2,(H2,15,18);3-5H,1-2H2;2*1H;/q;;;;;+2/p-2. The Morgan fingerprint density at radius 2 is 1.10 bits per heavy atom. The van der Waals surface area contributed by atoms with Gasteiger partial charge in [0.15, 0.2) is 0 Å². The predicted octanol–water partition coefficient (Wildman–Crippen LogP) is 10.2. The molecule has 2 aliphatic rings. The molecule has 0 saturated carbocycles. The second-order valence-electron chi connectivity index (χ2n) is 12.2. The van der Waals surface area contributed by atoms with Crippen LogP contribution in [-0.2, 0) is 29.0 Å². The first kappa shape index (κ1) is 44.4. The number of halogens is 7. The van der Waals surface area contributed by atoms with E-state index in [-0.39, 0.29) is 27.5 Å². The molecule has 4 heterocycles. The van der Waals surface area contributed by atoms with Crippen molar-refractivity contribution in [1.29, 1.82) is 0 Å². The predicted molar refractivity (Wildman–Crippen MR) is 240 cm³/mol. The SMILES string of the molecule is Fc1cc2c(cc1Br)-c1nc(I)cn1CCO2.NC(=O)c1cn2c(n1)-c1cc(Br)c(F)cc1OCC2.[Cl][Pd][Cl].c1ccc(P(c2ccccc2)c2ccccc2)cc1. The summed E-state index contributed by atoms with van der Waals surface area (Å²) in [6, 6.07) is 38.3. The zero-order valence-electron chi connectivity index (χ0n) is 30.0. The Balaban J connectivity index is 0.000000142. The van der Waals surface area contributed by atoms with E-state index in [1.165, 1.54) is 28.0 Å². The number of carbonyl (C=O) groups excluding carboxylic acids is 1. The number of primary amides is 1. The maximum atomic E-state index is 13.5. The van der Waals surface area contributed by atoms with Gasteiger partial charge in [0.1, 0.15) is 57.4 Å². The number of fused-ring (bicyclic) bond motifs is 6. The van der Waals surface area contributed by atoms with Gasteiger partial charge in [0.05, 0.1) is 33.2 Å². The maximum absolute atomic E-state index is 13.5. The van der Waals surface area contributed by atoms with Gasteiger partial charge < -0.3 is 24.3 Å². The minimum absolute atomic E-state index is 0.106. The molecular formula is C41H31Br2Cl2F2IN5O3PPd. The number of ether oxygens (including phenoxy) is 2. The second kappa shape index (κ2) is 21.4. The summed E-state index contributed by atoms with van der Waals surface area (Å²) >= 11 is 8.38. The number of carbonyl (C=O) groups is 1. The zero-order chi connectivity index (χ0) is 41.2. The molecule has 5 aromatic carbocycles. The van der Waals surface area contributed by atoms with Gasteiger partial charge >= 0.3 is 35.0 Å². The van der Waals surface area contributed by atoms with Gasteiger partial charge in [-0.15, -0.1) is 0 Å². The van der Waals surface area contributed by atoms with Crippen LogP contribution in [-0.4, -0.2) is 38.2 Å². The summed E-state index contributed by atoms with van der Waals surface area (Å²) in [6.07, 6.45) is 3.54. The largest absolute Gasteiger partial charge is 0.0622 e. The monoisotopic (exact) mass is 1170 g/mol. The molecule has 0 fully saturated rings. The molecular weight excluding hydrogens is 1140 g/mol. The number of rotatable bonds is 4. The van der Waals surface area contributed by atoms with Gasteiger partial charge in [-0.1, -0.05) is 91.0 Å². The fraction of sp³-hybridized carbons (Fsp3) is 0.0976. The van der Waals surface area contributed by atoms with Crippen LogP contribution >= 0.6 is 81.4 Å². The van der Waals surface area contributed by atoms with Crippen LogP contribution in [0.3, 0.4) is 0 Å². The van der Waals surface area contributed by atoms with Crippen LogP contribution in [0, 0.1) is 15.3 Å². The first-order valence-electron chi connectivity index (χ1n) is 17.2. The molecule has 0 unspecified atom stereocenters. The zero-order valence-corrected chi connectivity index (χ0v) is 39.2. The van der Waals surface area contributed by atoms with E-state index in [9.17, 15) is 13.6 Å². The molecule has 0 spiro atoms. The van der Waals surface area contributed by atoms with Crippen LogP contribution < -0.4 is 31.1 Å². The molecule has 2 aliphatic heterocycles. The van der Waals surface area contributed by atoms with Gasteiger partial charge in [-0.2, -0.15) is 0 Å². The van der Waals surface area contributed by atoms with Gasteiger partial charge in [-0.3, -0.25) is 4.79 Å². The van der Waals surface area contributed by atoms with Crippen LogP contribution in [0.5, 0.6) is 11.5 Å². The van der Waals surface area contributed by atoms with E-state index >= 15 is 0 Å². The molecule has 302 valence electrons. The number of aromatic nitrogens is 4. The number of nitrogens with zero attached hydrogens (tertiary/aromatic N) is 4. The summed E-state index contributed by atoms with van der Waals surface area (Å²) in [6.45, 7) is 2.13. The molecule has 2 N–H and O–H groups in total. The third-order valence-electron chi connectivity index (χ3n) is 8.53. The van der Waals surface area contributed by atoms with Crippen LogP contribution in [0.1, 0.15) is 10.5 Å². The van der Waals surface area contributed by atoms with Crippen molar-refractivity contribution < 1.29 is 39.0 Å². The maximum Gasteiger partial charge on any atom is -0.0134 e. The fourth-order valence-corrected chi connectivity index (χ4v) is 9.58. The van der Waals surface area contributed by atoms with Crippen molar-refractivity contribution in [3.8, 4) is 34.3 Å². The van der Waals surface area contributed by atoms with Crippen LogP contribution in [0.15, 0.2) is 137 Å². The summed E-state index contributed by atoms with van der Waals surface area (Å²) in [5, 5.41) is 4.19. The molecule has 0 aliphatic carbocycles. The summed E-state index contributed by atoms with van der Waals surface area (Å²) in [5.74, 6) is 0.994. The number of nitrogens with two attached hydrogens (primary N) is 1. The third-order valence-corrected chi connectivity index (χ3v) is 12.7. The van der Waals surface area contributed by atoms with E-state index in [0.29, 0.717) is 51.6 Å². The van der Waals surface area contributed by atoms with E-state index in [2.05, 4.69) is 155 Å². The quantitative estimate of drug-likeness (QED) is 0.108. The summed E-state index contributed by atoms with van der Waals surface area (Å²) < 4.78 is 43.5. The molecule has 1 amide bonds. The van der Waals surface area contributed by atoms with E-state index < -0.39 is 19.6 Å². The normalized spacial score (nSPS) is 12.1.